The van der Waals surface area contributed by atoms with Gasteiger partial charge in [-0.1, -0.05) is 19.3 Å². The Morgan fingerprint density at radius 3 is 2.50 bits per heavy atom. The molecule has 5 nitrogen and oxygen atoms in total. The first kappa shape index (κ1) is 13.4. The summed E-state index contributed by atoms with van der Waals surface area (Å²) in [7, 11) is 0. The SMILES string of the molecule is O=[N+]([O-])c1ccc(N2CCNCC23CCCCC3)cc1. The Hall–Kier alpha value is -1.62. The van der Waals surface area contributed by atoms with E-state index >= 15 is 0 Å². The maximum atomic E-state index is 10.8. The number of anilines is 1. The van der Waals surface area contributed by atoms with Gasteiger partial charge >= 0.3 is 0 Å². The predicted octanol–water partition coefficient (Wildman–Crippen LogP) is 2.71. The molecule has 1 aliphatic heterocycles. The lowest BCUT2D eigenvalue weighted by molar-refractivity contribution is -0.384. The summed E-state index contributed by atoms with van der Waals surface area (Å²) in [5.74, 6) is 0. The molecule has 1 aliphatic carbocycles. The summed E-state index contributed by atoms with van der Waals surface area (Å²) in [6.07, 6.45) is 6.33. The number of rotatable bonds is 2. The van der Waals surface area contributed by atoms with Gasteiger partial charge in [0, 0.05) is 37.5 Å². The van der Waals surface area contributed by atoms with E-state index in [2.05, 4.69) is 10.2 Å². The van der Waals surface area contributed by atoms with Crippen LogP contribution in [0.4, 0.5) is 11.4 Å². The van der Waals surface area contributed by atoms with Gasteiger partial charge in [0.1, 0.15) is 0 Å². The molecule has 0 atom stereocenters. The van der Waals surface area contributed by atoms with Gasteiger partial charge in [-0.25, -0.2) is 0 Å². The Kier molecular flexibility index (Phi) is 3.61. The molecule has 1 heterocycles. The molecule has 2 fully saturated rings. The molecular weight excluding hydrogens is 254 g/mol. The van der Waals surface area contributed by atoms with Crippen LogP contribution in [0.5, 0.6) is 0 Å². The van der Waals surface area contributed by atoms with Crippen LogP contribution in [-0.2, 0) is 0 Å². The molecule has 0 radical (unpaired) electrons. The van der Waals surface area contributed by atoms with Crippen LogP contribution >= 0.6 is 0 Å². The minimum Gasteiger partial charge on any atom is -0.363 e. The second-order valence-corrected chi connectivity index (χ2v) is 5.89. The quantitative estimate of drug-likeness (QED) is 0.666. The standard InChI is InChI=1S/C15H21N3O2/c19-18(20)14-6-4-13(5-7-14)17-11-10-16-12-15(17)8-2-1-3-9-15/h4-7,16H,1-3,8-12H2. The normalized spacial score (nSPS) is 21.9. The number of benzene rings is 1. The largest absolute Gasteiger partial charge is 0.363 e. The van der Waals surface area contributed by atoms with E-state index < -0.39 is 0 Å². The maximum absolute atomic E-state index is 10.8. The topological polar surface area (TPSA) is 58.4 Å². The molecule has 0 unspecified atom stereocenters. The lowest BCUT2D eigenvalue weighted by atomic mass is 9.78. The van der Waals surface area contributed by atoms with Crippen molar-refractivity contribution in [2.75, 3.05) is 24.5 Å². The van der Waals surface area contributed by atoms with Gasteiger partial charge in [-0.3, -0.25) is 10.1 Å². The first-order valence-corrected chi connectivity index (χ1v) is 7.44. The van der Waals surface area contributed by atoms with Crippen LogP contribution in [0.3, 0.4) is 0 Å². The van der Waals surface area contributed by atoms with E-state index in [9.17, 15) is 10.1 Å². The van der Waals surface area contributed by atoms with E-state index in [4.69, 9.17) is 0 Å². The molecule has 0 bridgehead atoms. The highest BCUT2D eigenvalue weighted by Crippen LogP contribution is 2.37. The third-order valence-corrected chi connectivity index (χ3v) is 4.70. The lowest BCUT2D eigenvalue weighted by Crippen LogP contribution is -2.62. The van der Waals surface area contributed by atoms with Gasteiger partial charge in [-0.2, -0.15) is 0 Å². The van der Waals surface area contributed by atoms with Crippen LogP contribution in [-0.4, -0.2) is 30.1 Å². The molecule has 5 heteroatoms. The van der Waals surface area contributed by atoms with Crippen molar-refractivity contribution in [1.29, 1.82) is 0 Å². The minimum atomic E-state index is -0.335. The van der Waals surface area contributed by atoms with Crippen molar-refractivity contribution in [3.05, 3.63) is 34.4 Å². The molecule has 1 aromatic rings. The van der Waals surface area contributed by atoms with Crippen molar-refractivity contribution in [1.82, 2.24) is 5.32 Å². The number of hydrogen-bond donors (Lipinski definition) is 1. The monoisotopic (exact) mass is 275 g/mol. The fourth-order valence-electron chi connectivity index (χ4n) is 3.66. The molecule has 0 amide bonds. The first-order valence-electron chi connectivity index (χ1n) is 7.44. The highest BCUT2D eigenvalue weighted by atomic mass is 16.6. The highest BCUT2D eigenvalue weighted by Gasteiger charge is 2.39. The van der Waals surface area contributed by atoms with Crippen LogP contribution in [0, 0.1) is 10.1 Å². The Morgan fingerprint density at radius 1 is 1.15 bits per heavy atom. The Bertz CT molecular complexity index is 472. The summed E-state index contributed by atoms with van der Waals surface area (Å²) in [6, 6.07) is 7.04. The van der Waals surface area contributed by atoms with E-state index in [0.29, 0.717) is 0 Å². The number of non-ortho nitro benzene ring substituents is 1. The van der Waals surface area contributed by atoms with Crippen molar-refractivity contribution in [2.24, 2.45) is 0 Å². The molecule has 3 rings (SSSR count). The fraction of sp³-hybridized carbons (Fsp3) is 0.600. The van der Waals surface area contributed by atoms with Crippen LogP contribution in [0.15, 0.2) is 24.3 Å². The van der Waals surface area contributed by atoms with Gasteiger partial charge in [-0.15, -0.1) is 0 Å². The fourth-order valence-corrected chi connectivity index (χ4v) is 3.66. The van der Waals surface area contributed by atoms with Crippen LogP contribution in [0.1, 0.15) is 32.1 Å². The van der Waals surface area contributed by atoms with Crippen LogP contribution in [0.2, 0.25) is 0 Å². The molecule has 1 saturated heterocycles. The smallest absolute Gasteiger partial charge is 0.269 e. The number of piperazine rings is 1. The molecular formula is C15H21N3O2. The molecule has 0 aromatic heterocycles. The van der Waals surface area contributed by atoms with Crippen molar-refractivity contribution in [2.45, 2.75) is 37.6 Å². The molecule has 1 spiro atoms. The third-order valence-electron chi connectivity index (χ3n) is 4.70. The van der Waals surface area contributed by atoms with Gasteiger partial charge in [-0.05, 0) is 25.0 Å². The van der Waals surface area contributed by atoms with E-state index in [0.717, 1.165) is 25.3 Å². The summed E-state index contributed by atoms with van der Waals surface area (Å²) in [6.45, 7) is 3.00. The number of nitro groups is 1. The zero-order valence-corrected chi connectivity index (χ0v) is 11.7. The zero-order valence-electron chi connectivity index (χ0n) is 11.7. The number of nitrogens with zero attached hydrogens (tertiary/aromatic N) is 2. The summed E-state index contributed by atoms with van der Waals surface area (Å²) in [5.41, 5.74) is 1.51. The lowest BCUT2D eigenvalue weighted by Gasteiger charge is -2.51. The average molecular weight is 275 g/mol. The highest BCUT2D eigenvalue weighted by molar-refractivity contribution is 5.53. The summed E-state index contributed by atoms with van der Waals surface area (Å²) in [4.78, 5) is 12.9. The predicted molar refractivity (Wildman–Crippen MR) is 79.1 cm³/mol. The molecule has 1 N–H and O–H groups in total. The zero-order chi connectivity index (χ0) is 14.0. The molecule has 108 valence electrons. The minimum absolute atomic E-state index is 0.168. The summed E-state index contributed by atoms with van der Waals surface area (Å²) in [5, 5.41) is 14.3. The van der Waals surface area contributed by atoms with E-state index in [1.54, 1.807) is 12.1 Å². The van der Waals surface area contributed by atoms with Gasteiger partial charge in [0.2, 0.25) is 0 Å². The van der Waals surface area contributed by atoms with Crippen molar-refractivity contribution in [3.63, 3.8) is 0 Å². The Balaban J connectivity index is 1.87. The first-order chi connectivity index (χ1) is 9.71. The molecule has 20 heavy (non-hydrogen) atoms. The van der Waals surface area contributed by atoms with Gasteiger partial charge < -0.3 is 10.2 Å². The second-order valence-electron chi connectivity index (χ2n) is 5.89. The van der Waals surface area contributed by atoms with Gasteiger partial charge in [0.15, 0.2) is 0 Å². The summed E-state index contributed by atoms with van der Waals surface area (Å²) < 4.78 is 0. The van der Waals surface area contributed by atoms with Crippen molar-refractivity contribution >= 4 is 11.4 Å². The van der Waals surface area contributed by atoms with Crippen LogP contribution in [0.25, 0.3) is 0 Å². The molecule has 1 aromatic carbocycles. The third kappa shape index (κ3) is 2.38. The molecule has 2 aliphatic rings. The average Bonchev–Trinajstić information content (AvgIpc) is 2.49. The summed E-state index contributed by atoms with van der Waals surface area (Å²) >= 11 is 0. The van der Waals surface area contributed by atoms with Crippen LogP contribution < -0.4 is 10.2 Å². The van der Waals surface area contributed by atoms with Gasteiger partial charge in [0.25, 0.3) is 5.69 Å². The number of nitro benzene ring substituents is 1. The Morgan fingerprint density at radius 2 is 1.85 bits per heavy atom. The van der Waals surface area contributed by atoms with E-state index in [1.807, 2.05) is 12.1 Å². The van der Waals surface area contributed by atoms with Gasteiger partial charge in [0.05, 0.1) is 10.5 Å². The van der Waals surface area contributed by atoms with E-state index in [1.165, 1.54) is 32.1 Å². The van der Waals surface area contributed by atoms with Crippen molar-refractivity contribution in [3.8, 4) is 0 Å². The Labute approximate surface area is 119 Å². The number of nitrogens with one attached hydrogen (secondary N) is 1. The van der Waals surface area contributed by atoms with E-state index in [-0.39, 0.29) is 16.1 Å². The van der Waals surface area contributed by atoms with Crippen molar-refractivity contribution < 1.29 is 4.92 Å². The number of hydrogen-bond acceptors (Lipinski definition) is 4. The maximum Gasteiger partial charge on any atom is 0.269 e. The second kappa shape index (κ2) is 5.40. The molecule has 1 saturated carbocycles.